The Morgan fingerprint density at radius 1 is 1.15 bits per heavy atom. The van der Waals surface area contributed by atoms with Crippen molar-refractivity contribution in [3.8, 4) is 0 Å². The lowest BCUT2D eigenvalue weighted by molar-refractivity contribution is 0.0697. The summed E-state index contributed by atoms with van der Waals surface area (Å²) in [6.45, 7) is 1.32. The second-order valence-electron chi connectivity index (χ2n) is 7.44. The van der Waals surface area contributed by atoms with Gasteiger partial charge >= 0.3 is 0 Å². The van der Waals surface area contributed by atoms with E-state index in [9.17, 15) is 9.59 Å². The summed E-state index contributed by atoms with van der Waals surface area (Å²) in [6.07, 6.45) is 5.65. The molecule has 2 fully saturated rings. The van der Waals surface area contributed by atoms with E-state index in [1.165, 1.54) is 22.8 Å². The summed E-state index contributed by atoms with van der Waals surface area (Å²) in [5.74, 6) is 0.381. The van der Waals surface area contributed by atoms with Gasteiger partial charge in [-0.3, -0.25) is 14.0 Å². The molecule has 1 N–H and O–H groups in total. The topological polar surface area (TPSA) is 72.7 Å². The molecular weight excluding hydrogens is 342 g/mol. The van der Waals surface area contributed by atoms with Crippen LogP contribution in [0.1, 0.15) is 47.5 Å². The number of aromatic nitrogens is 2. The van der Waals surface area contributed by atoms with Gasteiger partial charge in [-0.15, -0.1) is 0 Å². The molecule has 2 aromatic heterocycles. The lowest BCUT2D eigenvalue weighted by atomic mass is 10.1. The average molecular weight is 363 g/mol. The zero-order valence-electron chi connectivity index (χ0n) is 15.0. The van der Waals surface area contributed by atoms with Gasteiger partial charge in [0, 0.05) is 25.5 Å². The van der Waals surface area contributed by atoms with Crippen LogP contribution in [0, 0.1) is 0 Å². The van der Waals surface area contributed by atoms with Crippen LogP contribution in [0.25, 0.3) is 16.6 Å². The molecule has 1 saturated heterocycles. The molecule has 0 bridgehead atoms. The third-order valence-corrected chi connectivity index (χ3v) is 5.51. The number of pyridine rings is 1. The smallest absolute Gasteiger partial charge is 0.265 e. The minimum atomic E-state index is -0.194. The first-order valence-electron chi connectivity index (χ1n) is 9.54. The van der Waals surface area contributed by atoms with Crippen LogP contribution in [0.3, 0.4) is 0 Å². The molecule has 1 saturated carbocycles. The fraction of sp³-hybridized carbons (Fsp3) is 0.381. The molecule has 6 nitrogen and oxygen atoms in total. The van der Waals surface area contributed by atoms with Gasteiger partial charge in [0.25, 0.3) is 11.5 Å². The summed E-state index contributed by atoms with van der Waals surface area (Å²) in [5, 5.41) is 3.66. The van der Waals surface area contributed by atoms with Crippen LogP contribution in [0.4, 0.5) is 0 Å². The van der Waals surface area contributed by atoms with Crippen molar-refractivity contribution in [3.63, 3.8) is 0 Å². The van der Waals surface area contributed by atoms with E-state index in [1.807, 2.05) is 18.2 Å². The van der Waals surface area contributed by atoms with Crippen molar-refractivity contribution in [1.82, 2.24) is 14.7 Å². The molecular formula is C21H21N3O3. The third kappa shape index (κ3) is 3.00. The number of benzene rings is 1. The maximum Gasteiger partial charge on any atom is 0.265 e. The number of rotatable bonds is 3. The van der Waals surface area contributed by atoms with Gasteiger partial charge in [-0.1, -0.05) is 6.07 Å². The zero-order chi connectivity index (χ0) is 18.4. The van der Waals surface area contributed by atoms with Gasteiger partial charge in [0.05, 0.1) is 16.5 Å². The van der Waals surface area contributed by atoms with Gasteiger partial charge in [0.1, 0.15) is 0 Å². The van der Waals surface area contributed by atoms with E-state index in [4.69, 9.17) is 4.74 Å². The van der Waals surface area contributed by atoms with Gasteiger partial charge in [-0.2, -0.15) is 0 Å². The fourth-order valence-corrected chi connectivity index (χ4v) is 3.80. The zero-order valence-corrected chi connectivity index (χ0v) is 15.0. The highest BCUT2D eigenvalue weighted by atomic mass is 16.5. The van der Waals surface area contributed by atoms with Crippen molar-refractivity contribution < 1.29 is 9.53 Å². The second kappa shape index (κ2) is 6.46. The lowest BCUT2D eigenvalue weighted by Gasteiger charge is -2.23. The van der Waals surface area contributed by atoms with E-state index in [2.05, 4.69) is 10.3 Å². The maximum absolute atomic E-state index is 13.0. The van der Waals surface area contributed by atoms with Gasteiger partial charge < -0.3 is 10.1 Å². The van der Waals surface area contributed by atoms with Crippen LogP contribution in [0.2, 0.25) is 0 Å². The number of nitrogens with zero attached hydrogens (tertiary/aromatic N) is 2. The van der Waals surface area contributed by atoms with E-state index in [0.29, 0.717) is 41.2 Å². The second-order valence-corrected chi connectivity index (χ2v) is 7.44. The Balaban J connectivity index is 1.59. The van der Waals surface area contributed by atoms with Gasteiger partial charge in [-0.05, 0) is 61.4 Å². The summed E-state index contributed by atoms with van der Waals surface area (Å²) in [6, 6.07) is 9.46. The molecule has 6 heteroatoms. The molecule has 0 atom stereocenters. The predicted octanol–water partition coefficient (Wildman–Crippen LogP) is 2.63. The number of nitrogens with one attached hydrogen (secondary N) is 1. The third-order valence-electron chi connectivity index (χ3n) is 5.51. The van der Waals surface area contributed by atoms with Crippen molar-refractivity contribution in [2.24, 2.45) is 0 Å². The van der Waals surface area contributed by atoms with Crippen molar-refractivity contribution in [2.75, 3.05) is 13.2 Å². The van der Waals surface area contributed by atoms with E-state index in [0.717, 1.165) is 12.8 Å². The Kier molecular flexibility index (Phi) is 3.93. The number of carbonyl (C=O) groups is 1. The number of hydrogen-bond acceptors (Lipinski definition) is 4. The van der Waals surface area contributed by atoms with Crippen LogP contribution in [0.15, 0.2) is 41.3 Å². The summed E-state index contributed by atoms with van der Waals surface area (Å²) in [5.41, 5.74) is 2.54. The molecule has 2 aliphatic rings. The molecule has 1 aromatic carbocycles. The maximum atomic E-state index is 13.0. The van der Waals surface area contributed by atoms with Crippen LogP contribution < -0.4 is 10.9 Å². The number of hydrogen-bond donors (Lipinski definition) is 1. The first kappa shape index (κ1) is 16.4. The Hall–Kier alpha value is -2.73. The van der Waals surface area contributed by atoms with Crippen LogP contribution >= 0.6 is 0 Å². The van der Waals surface area contributed by atoms with Crippen molar-refractivity contribution in [2.45, 2.75) is 37.6 Å². The van der Waals surface area contributed by atoms with E-state index >= 15 is 0 Å². The highest BCUT2D eigenvalue weighted by molar-refractivity contribution is 6.00. The molecule has 3 aromatic rings. The molecule has 27 heavy (non-hydrogen) atoms. The highest BCUT2D eigenvalue weighted by Gasteiger charge is 2.24. The Labute approximate surface area is 156 Å². The molecule has 1 amide bonds. The monoisotopic (exact) mass is 363 g/mol. The molecule has 0 radical (unpaired) electrons. The molecule has 3 heterocycles. The van der Waals surface area contributed by atoms with Crippen LogP contribution in [-0.2, 0) is 4.74 Å². The summed E-state index contributed by atoms with van der Waals surface area (Å²) >= 11 is 0. The van der Waals surface area contributed by atoms with Crippen molar-refractivity contribution >= 4 is 22.5 Å². The summed E-state index contributed by atoms with van der Waals surface area (Å²) < 4.78 is 6.83. The number of ether oxygens (including phenoxy) is 1. The van der Waals surface area contributed by atoms with Crippen LogP contribution in [0.5, 0.6) is 0 Å². The quantitative estimate of drug-likeness (QED) is 0.726. The van der Waals surface area contributed by atoms with Crippen molar-refractivity contribution in [1.29, 1.82) is 0 Å². The van der Waals surface area contributed by atoms with Gasteiger partial charge in [0.2, 0.25) is 0 Å². The molecule has 0 unspecified atom stereocenters. The number of fused-ring (bicyclic) bond motifs is 2. The Morgan fingerprint density at radius 3 is 2.74 bits per heavy atom. The van der Waals surface area contributed by atoms with Crippen molar-refractivity contribution in [3.05, 3.63) is 58.0 Å². The largest absolute Gasteiger partial charge is 0.381 e. The fourth-order valence-electron chi connectivity index (χ4n) is 3.80. The van der Waals surface area contributed by atoms with E-state index in [1.54, 1.807) is 18.3 Å². The Bertz CT molecular complexity index is 1090. The van der Waals surface area contributed by atoms with Gasteiger partial charge in [0.15, 0.2) is 5.65 Å². The number of carbonyl (C=O) groups excluding carboxylic acids is 1. The molecule has 5 rings (SSSR count). The van der Waals surface area contributed by atoms with Gasteiger partial charge in [-0.25, -0.2) is 4.98 Å². The lowest BCUT2D eigenvalue weighted by Crippen LogP contribution is -2.39. The van der Waals surface area contributed by atoms with E-state index < -0.39 is 0 Å². The average Bonchev–Trinajstić information content (AvgIpc) is 3.54. The predicted molar refractivity (Wildman–Crippen MR) is 102 cm³/mol. The SMILES string of the molecule is O=C(NC1CCOCC1)c1cccn2c(=O)c3cc(C4CC4)ccc3nc12. The van der Waals surface area contributed by atoms with E-state index in [-0.39, 0.29) is 17.5 Å². The highest BCUT2D eigenvalue weighted by Crippen LogP contribution is 2.40. The first-order valence-corrected chi connectivity index (χ1v) is 9.54. The molecule has 138 valence electrons. The minimum absolute atomic E-state index is 0.0970. The molecule has 0 spiro atoms. The Morgan fingerprint density at radius 2 is 1.96 bits per heavy atom. The normalized spacial score (nSPS) is 18.1. The minimum Gasteiger partial charge on any atom is -0.381 e. The summed E-state index contributed by atoms with van der Waals surface area (Å²) in [7, 11) is 0. The molecule has 1 aliphatic heterocycles. The number of amides is 1. The van der Waals surface area contributed by atoms with Crippen LogP contribution in [-0.4, -0.2) is 34.5 Å². The summed E-state index contributed by atoms with van der Waals surface area (Å²) in [4.78, 5) is 30.5. The first-order chi connectivity index (χ1) is 13.2. The standard InChI is InChI=1S/C21H21N3O3/c25-20(22-15-7-10-27-11-8-15)16-2-1-9-24-19(16)23-18-6-5-14(13-3-4-13)12-17(18)21(24)26/h1-2,5-6,9,12-13,15H,3-4,7-8,10-11H2,(H,22,25). The molecule has 1 aliphatic carbocycles.